The molecule has 1 aromatic rings. The minimum Gasteiger partial charge on any atom is -0.496 e. The number of ether oxygens (including phenoxy) is 3. The average molecular weight is 359 g/mol. The van der Waals surface area contributed by atoms with Gasteiger partial charge in [-0.25, -0.2) is 0 Å². The van der Waals surface area contributed by atoms with Crippen molar-refractivity contribution < 1.29 is 19.3 Å². The number of halogens is 1. The largest absolute Gasteiger partial charge is 0.496 e. The van der Waals surface area contributed by atoms with E-state index in [1.807, 2.05) is 25.1 Å². The Morgan fingerprint density at radius 1 is 1.38 bits per heavy atom. The second kappa shape index (κ2) is 7.58. The first-order chi connectivity index (χ1) is 10.1. The number of methoxy groups -OCH3 is 1. The molecule has 4 nitrogen and oxygen atoms in total. The molecule has 0 aromatic heterocycles. The number of aliphatic hydroxyl groups is 1. The van der Waals surface area contributed by atoms with Crippen molar-refractivity contribution in [2.45, 2.75) is 37.9 Å². The van der Waals surface area contributed by atoms with E-state index in [0.29, 0.717) is 26.2 Å². The molecule has 1 heterocycles. The van der Waals surface area contributed by atoms with Crippen LogP contribution in [0.25, 0.3) is 0 Å². The molecule has 5 heteroatoms. The van der Waals surface area contributed by atoms with Crippen molar-refractivity contribution in [2.24, 2.45) is 0 Å². The fraction of sp³-hybridized carbons (Fsp3) is 0.625. The van der Waals surface area contributed by atoms with Gasteiger partial charge in [0.15, 0.2) is 0 Å². The van der Waals surface area contributed by atoms with Crippen LogP contribution in [0.3, 0.4) is 0 Å². The summed E-state index contributed by atoms with van der Waals surface area (Å²) >= 11 is 3.47. The number of benzene rings is 1. The van der Waals surface area contributed by atoms with E-state index < -0.39 is 11.7 Å². The van der Waals surface area contributed by atoms with E-state index in [4.69, 9.17) is 14.2 Å². The fourth-order valence-corrected chi connectivity index (χ4v) is 3.29. The van der Waals surface area contributed by atoms with Gasteiger partial charge in [-0.3, -0.25) is 0 Å². The third-order valence-electron chi connectivity index (χ3n) is 4.03. The number of aliphatic hydroxyl groups excluding tert-OH is 1. The highest BCUT2D eigenvalue weighted by Gasteiger charge is 2.40. The second-order valence-corrected chi connectivity index (χ2v) is 6.20. The molecular weight excluding hydrogens is 336 g/mol. The lowest BCUT2D eigenvalue weighted by Crippen LogP contribution is -2.50. The monoisotopic (exact) mass is 358 g/mol. The van der Waals surface area contributed by atoms with Gasteiger partial charge in [0, 0.05) is 43.6 Å². The summed E-state index contributed by atoms with van der Waals surface area (Å²) in [5.74, 6) is 0.788. The highest BCUT2D eigenvalue weighted by molar-refractivity contribution is 9.10. The molecule has 1 unspecified atom stereocenters. The first kappa shape index (κ1) is 16.7. The van der Waals surface area contributed by atoms with Crippen molar-refractivity contribution >= 4 is 15.9 Å². The summed E-state index contributed by atoms with van der Waals surface area (Å²) in [4.78, 5) is 0. The van der Waals surface area contributed by atoms with Crippen molar-refractivity contribution in [2.75, 3.05) is 26.9 Å². The van der Waals surface area contributed by atoms with Crippen LogP contribution >= 0.6 is 15.9 Å². The Bertz CT molecular complexity index is 452. The molecule has 21 heavy (non-hydrogen) atoms. The molecule has 1 saturated heterocycles. The zero-order valence-electron chi connectivity index (χ0n) is 12.6. The summed E-state index contributed by atoms with van der Waals surface area (Å²) in [6, 6.07) is 5.83. The van der Waals surface area contributed by atoms with Crippen LogP contribution in [-0.4, -0.2) is 43.7 Å². The lowest BCUT2D eigenvalue weighted by Gasteiger charge is -2.40. The molecule has 118 valence electrons. The van der Waals surface area contributed by atoms with Gasteiger partial charge in [0.05, 0.1) is 18.8 Å². The highest BCUT2D eigenvalue weighted by atomic mass is 79.9. The van der Waals surface area contributed by atoms with Gasteiger partial charge in [0.25, 0.3) is 0 Å². The number of rotatable bonds is 6. The summed E-state index contributed by atoms with van der Waals surface area (Å²) in [5, 5.41) is 10.8. The van der Waals surface area contributed by atoms with E-state index in [1.54, 1.807) is 7.11 Å². The van der Waals surface area contributed by atoms with E-state index in [-0.39, 0.29) is 0 Å². The molecule has 0 saturated carbocycles. The Morgan fingerprint density at radius 2 is 2.10 bits per heavy atom. The predicted octanol–water partition coefficient (Wildman–Crippen LogP) is 2.95. The molecule has 0 amide bonds. The van der Waals surface area contributed by atoms with Crippen molar-refractivity contribution in [1.29, 1.82) is 0 Å². The van der Waals surface area contributed by atoms with Crippen LogP contribution in [0.15, 0.2) is 22.7 Å². The normalized spacial score (nSPS) is 19.2. The molecule has 0 spiro atoms. The molecule has 1 atom stereocenters. The van der Waals surface area contributed by atoms with Gasteiger partial charge in [-0.1, -0.05) is 15.9 Å². The average Bonchev–Trinajstić information content (AvgIpc) is 2.49. The van der Waals surface area contributed by atoms with Crippen LogP contribution in [0.1, 0.15) is 25.3 Å². The quantitative estimate of drug-likeness (QED) is 0.849. The molecule has 1 fully saturated rings. The summed E-state index contributed by atoms with van der Waals surface area (Å²) in [7, 11) is 1.64. The first-order valence-corrected chi connectivity index (χ1v) is 8.13. The summed E-state index contributed by atoms with van der Waals surface area (Å²) in [6.45, 7) is 3.82. The third-order valence-corrected chi connectivity index (χ3v) is 4.53. The summed E-state index contributed by atoms with van der Waals surface area (Å²) in [6.07, 6.45) is 1.36. The van der Waals surface area contributed by atoms with E-state index in [1.165, 1.54) is 0 Å². The van der Waals surface area contributed by atoms with Gasteiger partial charge in [0.2, 0.25) is 0 Å². The Morgan fingerprint density at radius 3 is 2.71 bits per heavy atom. The van der Waals surface area contributed by atoms with E-state index in [9.17, 15) is 5.11 Å². The SMILES string of the molecule is CCOC1(C(O)Cc2cc(Br)ccc2OC)CCOCC1. The Labute approximate surface area is 134 Å². The zero-order valence-corrected chi connectivity index (χ0v) is 14.2. The van der Waals surface area contributed by atoms with Crippen molar-refractivity contribution in [3.63, 3.8) is 0 Å². The predicted molar refractivity (Wildman–Crippen MR) is 84.8 cm³/mol. The van der Waals surface area contributed by atoms with Gasteiger partial charge >= 0.3 is 0 Å². The Kier molecular flexibility index (Phi) is 6.05. The van der Waals surface area contributed by atoms with Gasteiger partial charge in [-0.05, 0) is 30.7 Å². The van der Waals surface area contributed by atoms with Crippen LogP contribution in [0.2, 0.25) is 0 Å². The second-order valence-electron chi connectivity index (χ2n) is 5.29. The van der Waals surface area contributed by atoms with Crippen molar-refractivity contribution in [1.82, 2.24) is 0 Å². The minimum absolute atomic E-state index is 0.503. The number of hydrogen-bond donors (Lipinski definition) is 1. The van der Waals surface area contributed by atoms with E-state index in [0.717, 1.165) is 28.6 Å². The maximum Gasteiger partial charge on any atom is 0.122 e. The van der Waals surface area contributed by atoms with Crippen molar-refractivity contribution in [3.05, 3.63) is 28.2 Å². The first-order valence-electron chi connectivity index (χ1n) is 7.33. The van der Waals surface area contributed by atoms with E-state index in [2.05, 4.69) is 15.9 Å². The standard InChI is InChI=1S/C16H23BrO4/c1-3-21-16(6-8-20-9-7-16)15(18)11-12-10-13(17)4-5-14(12)19-2/h4-5,10,15,18H,3,6-9,11H2,1-2H3. The van der Waals surface area contributed by atoms with Gasteiger partial charge in [-0.15, -0.1) is 0 Å². The van der Waals surface area contributed by atoms with Crippen LogP contribution in [-0.2, 0) is 15.9 Å². The third kappa shape index (κ3) is 3.97. The van der Waals surface area contributed by atoms with Gasteiger partial charge < -0.3 is 19.3 Å². The van der Waals surface area contributed by atoms with E-state index >= 15 is 0 Å². The van der Waals surface area contributed by atoms with Crippen LogP contribution in [0.5, 0.6) is 5.75 Å². The molecule has 2 rings (SSSR count). The Balaban J connectivity index is 2.18. The maximum absolute atomic E-state index is 10.8. The lowest BCUT2D eigenvalue weighted by molar-refractivity contribution is -0.165. The van der Waals surface area contributed by atoms with Gasteiger partial charge in [-0.2, -0.15) is 0 Å². The van der Waals surface area contributed by atoms with Crippen LogP contribution in [0, 0.1) is 0 Å². The molecule has 1 N–H and O–H groups in total. The molecule has 0 aliphatic carbocycles. The number of hydrogen-bond acceptors (Lipinski definition) is 4. The Hall–Kier alpha value is -0.620. The molecule has 1 aliphatic rings. The lowest BCUT2D eigenvalue weighted by atomic mass is 9.84. The minimum atomic E-state index is -0.579. The molecular formula is C16H23BrO4. The fourth-order valence-electron chi connectivity index (χ4n) is 2.88. The van der Waals surface area contributed by atoms with Crippen LogP contribution in [0.4, 0.5) is 0 Å². The smallest absolute Gasteiger partial charge is 0.122 e. The van der Waals surface area contributed by atoms with Crippen LogP contribution < -0.4 is 4.74 Å². The molecule has 0 radical (unpaired) electrons. The summed E-state index contributed by atoms with van der Waals surface area (Å²) in [5.41, 5.74) is 0.463. The zero-order chi connectivity index (χ0) is 15.3. The van der Waals surface area contributed by atoms with Gasteiger partial charge in [0.1, 0.15) is 5.75 Å². The topological polar surface area (TPSA) is 47.9 Å². The maximum atomic E-state index is 10.8. The summed E-state index contributed by atoms with van der Waals surface area (Å²) < 4.78 is 17.7. The van der Waals surface area contributed by atoms with Crippen molar-refractivity contribution in [3.8, 4) is 5.75 Å². The molecule has 1 aliphatic heterocycles. The highest BCUT2D eigenvalue weighted by Crippen LogP contribution is 2.33. The molecule has 1 aromatic carbocycles. The molecule has 0 bridgehead atoms.